The molecule has 8 nitrogen and oxygen atoms in total. The minimum atomic E-state index is -1.42. The molecule has 0 spiro atoms. The molecule has 0 saturated heterocycles. The molecule has 9 heteroatoms. The first-order valence-corrected chi connectivity index (χ1v) is 7.31. The van der Waals surface area contributed by atoms with E-state index in [9.17, 15) is 29.6 Å². The van der Waals surface area contributed by atoms with E-state index in [4.69, 9.17) is 0 Å². The van der Waals surface area contributed by atoms with Gasteiger partial charge in [0.05, 0.1) is 22.1 Å². The predicted molar refractivity (Wildman–Crippen MR) is 82.4 cm³/mol. The summed E-state index contributed by atoms with van der Waals surface area (Å²) in [6, 6.07) is 10.5. The topological polar surface area (TPSA) is 121 Å². The van der Waals surface area contributed by atoms with Crippen LogP contribution >= 0.6 is 0 Å². The number of carboxylic acid groups (broad SMARTS) is 1. The Hall–Kier alpha value is -2.95. The van der Waals surface area contributed by atoms with Crippen molar-refractivity contribution in [3.05, 3.63) is 75.3 Å². The quantitative estimate of drug-likeness (QED) is 0.269. The molecule has 1 aliphatic rings. The van der Waals surface area contributed by atoms with Gasteiger partial charge in [0.25, 0.3) is 17.5 Å². The van der Waals surface area contributed by atoms with Crippen molar-refractivity contribution in [2.75, 3.05) is 0 Å². The molecule has 0 bridgehead atoms. The number of nitro benzene ring substituents is 1. The first-order chi connectivity index (χ1) is 11.9. The van der Waals surface area contributed by atoms with Crippen LogP contribution in [-0.4, -0.2) is 27.6 Å². The Morgan fingerprint density at radius 2 is 1.65 bits per heavy atom. The zero-order chi connectivity index (χ0) is 18.1. The summed E-state index contributed by atoms with van der Waals surface area (Å²) in [6.07, 6.45) is -0.572. The standard InChI is InChI=1S/C17H12N2O6.Li/c20-15(21)9-14(10-4-2-1-3-5-10)18-16(22)12-7-6-11(19(24)25)8-13(12)17(18)23;/h1-8,14H,9H2,(H,20,21);/q;+1/p-1. The van der Waals surface area contributed by atoms with Crippen molar-refractivity contribution in [2.45, 2.75) is 12.5 Å². The Morgan fingerprint density at radius 3 is 2.23 bits per heavy atom. The summed E-state index contributed by atoms with van der Waals surface area (Å²) in [7, 11) is 0. The smallest absolute Gasteiger partial charge is 0.550 e. The second kappa shape index (κ2) is 7.52. The van der Waals surface area contributed by atoms with Gasteiger partial charge in [-0.3, -0.25) is 24.6 Å². The van der Waals surface area contributed by atoms with E-state index in [0.29, 0.717) is 5.56 Å². The van der Waals surface area contributed by atoms with Gasteiger partial charge in [-0.2, -0.15) is 0 Å². The molecule has 2 amide bonds. The van der Waals surface area contributed by atoms with Crippen molar-refractivity contribution in [3.8, 4) is 0 Å². The van der Waals surface area contributed by atoms with Crippen LogP contribution < -0.4 is 24.0 Å². The molecule has 0 N–H and O–H groups in total. The molecule has 0 aromatic heterocycles. The zero-order valence-electron chi connectivity index (χ0n) is 13.7. The Bertz CT molecular complexity index is 899. The van der Waals surface area contributed by atoms with E-state index in [-0.39, 0.29) is 35.7 Å². The molecule has 1 heterocycles. The maximum atomic E-state index is 12.6. The summed E-state index contributed by atoms with van der Waals surface area (Å²) in [4.78, 5) is 47.4. The number of hydrogen-bond donors (Lipinski definition) is 0. The number of rotatable bonds is 5. The van der Waals surface area contributed by atoms with E-state index in [0.717, 1.165) is 17.0 Å². The molecular formula is C17H11LiN2O6. The summed E-state index contributed by atoms with van der Waals surface area (Å²) in [5.74, 6) is -2.87. The van der Waals surface area contributed by atoms with E-state index in [2.05, 4.69) is 0 Å². The van der Waals surface area contributed by atoms with Crippen LogP contribution in [0.2, 0.25) is 0 Å². The molecule has 2 aromatic carbocycles. The van der Waals surface area contributed by atoms with E-state index >= 15 is 0 Å². The van der Waals surface area contributed by atoms with Crippen LogP contribution in [0, 0.1) is 10.1 Å². The van der Waals surface area contributed by atoms with Gasteiger partial charge < -0.3 is 9.90 Å². The molecule has 1 aliphatic heterocycles. The van der Waals surface area contributed by atoms with Crippen LogP contribution in [0.15, 0.2) is 48.5 Å². The van der Waals surface area contributed by atoms with Gasteiger partial charge in [0.2, 0.25) is 0 Å². The number of amides is 2. The number of imide groups is 1. The average Bonchev–Trinajstić information content (AvgIpc) is 2.84. The summed E-state index contributed by atoms with van der Waals surface area (Å²) < 4.78 is 0. The average molecular weight is 346 g/mol. The van der Waals surface area contributed by atoms with E-state index in [1.165, 1.54) is 6.07 Å². The van der Waals surface area contributed by atoms with Crippen molar-refractivity contribution in [1.29, 1.82) is 0 Å². The minimum absolute atomic E-state index is 0. The number of fused-ring (bicyclic) bond motifs is 1. The number of non-ortho nitro benzene ring substituents is 1. The van der Waals surface area contributed by atoms with Crippen LogP contribution in [0.5, 0.6) is 0 Å². The van der Waals surface area contributed by atoms with Gasteiger partial charge in [0.15, 0.2) is 0 Å². The summed E-state index contributed by atoms with van der Waals surface area (Å²) in [5, 5.41) is 22.0. The van der Waals surface area contributed by atoms with Crippen molar-refractivity contribution < 1.29 is 43.3 Å². The molecule has 1 atom stereocenters. The van der Waals surface area contributed by atoms with Gasteiger partial charge in [-0.05, 0) is 11.6 Å². The summed E-state index contributed by atoms with van der Waals surface area (Å²) in [5.41, 5.74) is 0.0296. The first-order valence-electron chi connectivity index (χ1n) is 7.31. The number of benzene rings is 2. The van der Waals surface area contributed by atoms with Crippen molar-refractivity contribution in [3.63, 3.8) is 0 Å². The minimum Gasteiger partial charge on any atom is -0.550 e. The maximum absolute atomic E-state index is 12.6. The number of aliphatic carboxylic acids is 1. The third kappa shape index (κ3) is 3.38. The largest absolute Gasteiger partial charge is 1.00 e. The van der Waals surface area contributed by atoms with E-state index in [1.807, 2.05) is 0 Å². The van der Waals surface area contributed by atoms with Gasteiger partial charge in [-0.15, -0.1) is 0 Å². The third-order valence-electron chi connectivity index (χ3n) is 3.97. The molecule has 3 rings (SSSR count). The summed E-state index contributed by atoms with van der Waals surface area (Å²) >= 11 is 0. The number of carbonyl (C=O) groups is 3. The Kier molecular flexibility index (Phi) is 5.60. The molecule has 0 saturated carbocycles. The number of carboxylic acids is 1. The maximum Gasteiger partial charge on any atom is 1.00 e. The first kappa shape index (κ1) is 19.4. The van der Waals surface area contributed by atoms with Gasteiger partial charge in [-0.25, -0.2) is 0 Å². The Morgan fingerprint density at radius 1 is 1.04 bits per heavy atom. The van der Waals surface area contributed by atoms with Crippen molar-refractivity contribution in [1.82, 2.24) is 4.90 Å². The van der Waals surface area contributed by atoms with Crippen LogP contribution in [0.1, 0.15) is 38.7 Å². The molecule has 26 heavy (non-hydrogen) atoms. The third-order valence-corrected chi connectivity index (χ3v) is 3.97. The zero-order valence-corrected chi connectivity index (χ0v) is 13.7. The fourth-order valence-electron chi connectivity index (χ4n) is 2.84. The predicted octanol–water partition coefficient (Wildman–Crippen LogP) is -1.92. The van der Waals surface area contributed by atoms with Crippen LogP contribution in [0.4, 0.5) is 5.69 Å². The van der Waals surface area contributed by atoms with Gasteiger partial charge >= 0.3 is 18.9 Å². The van der Waals surface area contributed by atoms with Crippen LogP contribution in [0.3, 0.4) is 0 Å². The molecular weight excluding hydrogens is 335 g/mol. The van der Waals surface area contributed by atoms with Crippen molar-refractivity contribution >= 4 is 23.5 Å². The summed E-state index contributed by atoms with van der Waals surface area (Å²) in [6.45, 7) is 0. The fraction of sp³-hybridized carbons (Fsp3) is 0.118. The van der Waals surface area contributed by atoms with Crippen LogP contribution in [0.25, 0.3) is 0 Å². The SMILES string of the molecule is O=C([O-])CC(c1ccccc1)N1C(=O)c2ccc([N+](=O)[O-])cc2C1=O.[Li+]. The monoisotopic (exact) mass is 346 g/mol. The molecule has 2 aromatic rings. The van der Waals surface area contributed by atoms with E-state index < -0.39 is 35.2 Å². The number of hydrogen-bond acceptors (Lipinski definition) is 6. The Labute approximate surface area is 159 Å². The molecule has 0 radical (unpaired) electrons. The molecule has 126 valence electrons. The molecule has 0 aliphatic carbocycles. The number of carbonyl (C=O) groups excluding carboxylic acids is 3. The fourth-order valence-corrected chi connectivity index (χ4v) is 2.84. The Balaban J connectivity index is 0.00000243. The normalized spacial score (nSPS) is 13.8. The van der Waals surface area contributed by atoms with Crippen LogP contribution in [-0.2, 0) is 4.79 Å². The second-order valence-corrected chi connectivity index (χ2v) is 5.47. The molecule has 0 fully saturated rings. The molecule has 1 unspecified atom stereocenters. The number of nitrogens with zero attached hydrogens (tertiary/aromatic N) is 2. The van der Waals surface area contributed by atoms with Gasteiger partial charge in [0, 0.05) is 24.5 Å². The van der Waals surface area contributed by atoms with Crippen molar-refractivity contribution in [2.24, 2.45) is 0 Å². The van der Waals surface area contributed by atoms with Gasteiger partial charge in [0.1, 0.15) is 0 Å². The van der Waals surface area contributed by atoms with E-state index in [1.54, 1.807) is 30.3 Å². The number of nitro groups is 1. The second-order valence-electron chi connectivity index (χ2n) is 5.47. The van der Waals surface area contributed by atoms with Gasteiger partial charge in [-0.1, -0.05) is 30.3 Å².